The van der Waals surface area contributed by atoms with Crippen molar-refractivity contribution in [2.24, 2.45) is 7.05 Å². The zero-order valence-corrected chi connectivity index (χ0v) is 26.1. The summed E-state index contributed by atoms with van der Waals surface area (Å²) in [4.78, 5) is 35.3. The molecule has 0 N–H and O–H groups in total. The first-order valence-corrected chi connectivity index (χ1v) is 15.1. The third-order valence-electron chi connectivity index (χ3n) is 8.55. The van der Waals surface area contributed by atoms with Crippen LogP contribution in [-0.2, 0) is 12.5 Å². The lowest BCUT2D eigenvalue weighted by molar-refractivity contribution is 0.104. The fourth-order valence-electron chi connectivity index (χ4n) is 5.80. The second kappa shape index (κ2) is 11.2. The van der Waals surface area contributed by atoms with Gasteiger partial charge in [-0.3, -0.25) is 18.9 Å². The first-order valence-electron chi connectivity index (χ1n) is 15.1. The minimum absolute atomic E-state index is 0.168. The zero-order valence-electron chi connectivity index (χ0n) is 26.1. The van der Waals surface area contributed by atoms with E-state index in [4.69, 9.17) is 9.72 Å². The van der Waals surface area contributed by atoms with E-state index < -0.39 is 5.41 Å². The number of ketones is 1. The number of imidazole rings is 1. The summed E-state index contributed by atoms with van der Waals surface area (Å²) < 4.78 is 9.64. The van der Waals surface area contributed by atoms with Crippen molar-refractivity contribution in [3.8, 4) is 34.5 Å². The molecule has 0 aliphatic rings. The molecule has 0 atom stereocenters. The van der Waals surface area contributed by atoms with Crippen LogP contribution >= 0.6 is 0 Å². The summed E-state index contributed by atoms with van der Waals surface area (Å²) in [6.07, 6.45) is 3.00. The molecule has 0 fully saturated rings. The van der Waals surface area contributed by atoms with Gasteiger partial charge in [0.05, 0.1) is 45.4 Å². The van der Waals surface area contributed by atoms with E-state index >= 15 is 0 Å². The van der Waals surface area contributed by atoms with Crippen molar-refractivity contribution in [1.82, 2.24) is 19.1 Å². The Kier molecular flexibility index (Phi) is 7.02. The maximum Gasteiger partial charge on any atom is 0.333 e. The monoisotopic (exact) mass is 615 g/mol. The van der Waals surface area contributed by atoms with Crippen LogP contribution < -0.4 is 10.4 Å². The molecule has 0 aliphatic heterocycles. The van der Waals surface area contributed by atoms with E-state index in [1.54, 1.807) is 46.6 Å². The molecular formula is C39H29N5O3. The number of pyridine rings is 2. The number of para-hydroxylation sites is 1. The Balaban J connectivity index is 1.41. The van der Waals surface area contributed by atoms with Crippen molar-refractivity contribution in [3.63, 3.8) is 0 Å². The number of hydrogen-bond acceptors (Lipinski definition) is 6. The number of carbonyl (C=O) groups is 1. The summed E-state index contributed by atoms with van der Waals surface area (Å²) in [5.74, 6) is 0.755. The molecule has 7 aromatic rings. The predicted molar refractivity (Wildman–Crippen MR) is 184 cm³/mol. The van der Waals surface area contributed by atoms with Crippen LogP contribution in [0.5, 0.6) is 11.6 Å². The van der Waals surface area contributed by atoms with E-state index in [9.17, 15) is 14.9 Å². The maximum absolute atomic E-state index is 13.7. The van der Waals surface area contributed by atoms with Gasteiger partial charge in [0.2, 0.25) is 5.88 Å². The topological polar surface area (TPSA) is 103 Å². The summed E-state index contributed by atoms with van der Waals surface area (Å²) in [6, 6.07) is 32.5. The normalized spacial score (nSPS) is 11.5. The van der Waals surface area contributed by atoms with Gasteiger partial charge in [-0.25, -0.2) is 9.78 Å². The van der Waals surface area contributed by atoms with E-state index in [-0.39, 0.29) is 11.5 Å². The summed E-state index contributed by atoms with van der Waals surface area (Å²) in [5, 5.41) is 11.3. The molecule has 0 unspecified atom stereocenters. The Morgan fingerprint density at radius 3 is 2.43 bits per heavy atom. The molecule has 0 amide bonds. The van der Waals surface area contributed by atoms with Gasteiger partial charge in [-0.1, -0.05) is 43.0 Å². The number of aryl methyl sites for hydroxylation is 1. The maximum atomic E-state index is 13.7. The summed E-state index contributed by atoms with van der Waals surface area (Å²) >= 11 is 0. The number of hydrogen-bond donors (Lipinski definition) is 0. The van der Waals surface area contributed by atoms with Gasteiger partial charge in [-0.2, -0.15) is 5.26 Å². The van der Waals surface area contributed by atoms with Crippen LogP contribution in [-0.4, -0.2) is 24.9 Å². The average molecular weight is 616 g/mol. The van der Waals surface area contributed by atoms with Crippen LogP contribution in [0.25, 0.3) is 49.7 Å². The van der Waals surface area contributed by atoms with Crippen LogP contribution in [0.15, 0.2) is 121 Å². The third kappa shape index (κ3) is 5.04. The highest BCUT2D eigenvalue weighted by Gasteiger charge is 2.22. The van der Waals surface area contributed by atoms with Crippen LogP contribution in [0.3, 0.4) is 0 Å². The molecule has 3 heterocycles. The highest BCUT2D eigenvalue weighted by molar-refractivity contribution is 6.05. The summed E-state index contributed by atoms with van der Waals surface area (Å²) in [7, 11) is 1.73. The molecule has 8 heteroatoms. The van der Waals surface area contributed by atoms with E-state index in [0.29, 0.717) is 28.4 Å². The molecule has 47 heavy (non-hydrogen) atoms. The van der Waals surface area contributed by atoms with Crippen LogP contribution in [0.4, 0.5) is 0 Å². The smallest absolute Gasteiger partial charge is 0.333 e. The highest BCUT2D eigenvalue weighted by Crippen LogP contribution is 2.37. The van der Waals surface area contributed by atoms with Crippen LogP contribution in [0.2, 0.25) is 0 Å². The fraction of sp³-hybridized carbons (Fsp3) is 0.103. The quantitative estimate of drug-likeness (QED) is 0.133. The number of ether oxygens (including phenoxy) is 1. The van der Waals surface area contributed by atoms with Crippen LogP contribution in [0, 0.1) is 11.3 Å². The predicted octanol–water partition coefficient (Wildman–Crippen LogP) is 8.05. The minimum Gasteiger partial charge on any atom is -0.438 e. The highest BCUT2D eigenvalue weighted by atomic mass is 16.5. The molecule has 7 rings (SSSR count). The number of benzene rings is 4. The van der Waals surface area contributed by atoms with Gasteiger partial charge in [-0.15, -0.1) is 0 Å². The van der Waals surface area contributed by atoms with Crippen molar-refractivity contribution >= 4 is 38.6 Å². The van der Waals surface area contributed by atoms with Gasteiger partial charge in [0.1, 0.15) is 5.75 Å². The van der Waals surface area contributed by atoms with Gasteiger partial charge in [0.15, 0.2) is 5.78 Å². The van der Waals surface area contributed by atoms with Gasteiger partial charge < -0.3 is 4.74 Å². The van der Waals surface area contributed by atoms with Gasteiger partial charge in [0, 0.05) is 28.9 Å². The largest absolute Gasteiger partial charge is 0.438 e. The van der Waals surface area contributed by atoms with E-state index in [2.05, 4.69) is 17.6 Å². The molecule has 3 aromatic heterocycles. The molecule has 0 saturated carbocycles. The molecule has 4 aromatic carbocycles. The van der Waals surface area contributed by atoms with Crippen molar-refractivity contribution in [3.05, 3.63) is 138 Å². The third-order valence-corrected chi connectivity index (χ3v) is 8.55. The lowest BCUT2D eigenvalue weighted by atomic mass is 9.86. The van der Waals surface area contributed by atoms with Crippen LogP contribution in [0.1, 0.15) is 29.8 Å². The Bertz CT molecular complexity index is 2480. The Labute approximate surface area is 270 Å². The van der Waals surface area contributed by atoms with Crippen molar-refractivity contribution < 1.29 is 9.53 Å². The molecular weight excluding hydrogens is 586 g/mol. The Hall–Kier alpha value is -6.33. The standard InChI is InChI=1S/C39H29N5O3/c1-5-35(45)24-10-17-29(18-11-24)47-37-30(21-26-8-6-7-9-32(26)42-37)25-12-19-33-31(20-25)36-34(22-41-33)43(4)38(46)44(36)28-15-13-27(14-16-28)39(2,3)23-40/h5-22H,1H2,2-4H3. The first kappa shape index (κ1) is 29.4. The number of allylic oxidation sites excluding steroid dienone is 1. The number of fused-ring (bicyclic) bond motifs is 4. The molecule has 8 nitrogen and oxygen atoms in total. The molecule has 0 saturated heterocycles. The average Bonchev–Trinajstić information content (AvgIpc) is 3.37. The molecule has 0 aliphatic carbocycles. The lowest BCUT2D eigenvalue weighted by Gasteiger charge is -2.16. The van der Waals surface area contributed by atoms with E-state index in [1.165, 1.54) is 6.08 Å². The number of rotatable bonds is 7. The summed E-state index contributed by atoms with van der Waals surface area (Å²) in [6.45, 7) is 7.29. The molecule has 0 spiro atoms. The molecule has 0 radical (unpaired) electrons. The number of carbonyl (C=O) groups excluding carboxylic acids is 1. The van der Waals surface area contributed by atoms with Crippen molar-refractivity contribution in [1.29, 1.82) is 5.26 Å². The summed E-state index contributed by atoms with van der Waals surface area (Å²) in [5.41, 5.74) is 5.68. The van der Waals surface area contributed by atoms with Crippen molar-refractivity contribution in [2.75, 3.05) is 0 Å². The SMILES string of the molecule is C=CC(=O)c1ccc(Oc2nc3ccccc3cc2-c2ccc3ncc4c(c3c2)n(-c2ccc(C(C)(C)C#N)cc2)c(=O)n4C)cc1. The molecule has 0 bridgehead atoms. The fourth-order valence-corrected chi connectivity index (χ4v) is 5.80. The minimum atomic E-state index is -0.660. The number of nitrogens with zero attached hydrogens (tertiary/aromatic N) is 5. The number of aromatic nitrogens is 4. The van der Waals surface area contributed by atoms with Gasteiger partial charge in [0.25, 0.3) is 0 Å². The van der Waals surface area contributed by atoms with Gasteiger partial charge >= 0.3 is 5.69 Å². The second-order valence-electron chi connectivity index (χ2n) is 11.9. The van der Waals surface area contributed by atoms with Gasteiger partial charge in [-0.05, 0) is 91.7 Å². The van der Waals surface area contributed by atoms with Crippen molar-refractivity contribution in [2.45, 2.75) is 19.3 Å². The second-order valence-corrected chi connectivity index (χ2v) is 11.9. The lowest BCUT2D eigenvalue weighted by Crippen LogP contribution is -2.21. The van der Waals surface area contributed by atoms with E-state index in [0.717, 1.165) is 44.0 Å². The van der Waals surface area contributed by atoms with E-state index in [1.807, 2.05) is 86.6 Å². The first-order chi connectivity index (χ1) is 22.7. The Morgan fingerprint density at radius 2 is 1.70 bits per heavy atom. The Morgan fingerprint density at radius 1 is 0.957 bits per heavy atom. The zero-order chi connectivity index (χ0) is 32.9. The molecule has 228 valence electrons. The number of nitriles is 1.